The summed E-state index contributed by atoms with van der Waals surface area (Å²) in [5.74, 6) is 0.343. The minimum Gasteiger partial charge on any atom is -0.494 e. The lowest BCUT2D eigenvalue weighted by atomic mass is 9.97. The third-order valence-electron chi connectivity index (χ3n) is 5.39. The van der Waals surface area contributed by atoms with Crippen LogP contribution in [0.2, 0.25) is 0 Å². The van der Waals surface area contributed by atoms with Gasteiger partial charge in [0.1, 0.15) is 5.75 Å². The Morgan fingerprint density at radius 3 is 2.72 bits per heavy atom. The molecular weight excluding hydrogens is 426 g/mol. The van der Waals surface area contributed by atoms with Gasteiger partial charge in [0.25, 0.3) is 0 Å². The van der Waals surface area contributed by atoms with E-state index >= 15 is 0 Å². The molecule has 0 spiro atoms. The van der Waals surface area contributed by atoms with E-state index in [1.807, 2.05) is 25.1 Å². The highest BCUT2D eigenvalue weighted by Crippen LogP contribution is 2.33. The van der Waals surface area contributed by atoms with Crippen molar-refractivity contribution in [3.05, 3.63) is 48.0 Å². The summed E-state index contributed by atoms with van der Waals surface area (Å²) >= 11 is 1.63. The number of aromatic nitrogens is 1. The number of thiazole rings is 1. The Kier molecular flexibility index (Phi) is 6.90. The van der Waals surface area contributed by atoms with E-state index in [0.29, 0.717) is 31.0 Å². The highest BCUT2D eigenvalue weighted by Gasteiger charge is 2.27. The molecule has 7 nitrogen and oxygen atoms in total. The van der Waals surface area contributed by atoms with Crippen LogP contribution >= 0.6 is 11.3 Å². The fourth-order valence-electron chi connectivity index (χ4n) is 3.80. The van der Waals surface area contributed by atoms with Crippen molar-refractivity contribution in [1.82, 2.24) is 4.98 Å². The normalized spacial score (nSPS) is 16.1. The highest BCUT2D eigenvalue weighted by atomic mass is 32.1. The number of anilines is 2. The Hall–Kier alpha value is -3.13. The molecular formula is C24H27N3O4S. The van der Waals surface area contributed by atoms with Crippen LogP contribution in [0.3, 0.4) is 0 Å². The number of ether oxygens (including phenoxy) is 2. The number of esters is 1. The minimum atomic E-state index is -0.363. The number of piperidine rings is 1. The number of benzene rings is 2. The fraction of sp³-hybridized carbons (Fsp3) is 0.375. The molecule has 8 heteroatoms. The Labute approximate surface area is 191 Å². The van der Waals surface area contributed by atoms with Crippen LogP contribution in [0.1, 0.15) is 37.0 Å². The zero-order chi connectivity index (χ0) is 22.5. The Balaban J connectivity index is 1.40. The van der Waals surface area contributed by atoms with E-state index in [0.717, 1.165) is 40.5 Å². The van der Waals surface area contributed by atoms with Crippen LogP contribution in [0, 0.1) is 5.92 Å². The van der Waals surface area contributed by atoms with Crippen molar-refractivity contribution in [3.63, 3.8) is 0 Å². The predicted molar refractivity (Wildman–Crippen MR) is 127 cm³/mol. The van der Waals surface area contributed by atoms with Crippen LogP contribution in [-0.4, -0.2) is 43.2 Å². The van der Waals surface area contributed by atoms with Gasteiger partial charge in [-0.3, -0.25) is 4.79 Å². The second kappa shape index (κ2) is 9.99. The largest absolute Gasteiger partial charge is 0.494 e. The smallest absolute Gasteiger partial charge is 0.338 e. The molecule has 2 aromatic carbocycles. The van der Waals surface area contributed by atoms with Crippen LogP contribution < -0.4 is 15.0 Å². The molecule has 1 amide bonds. The summed E-state index contributed by atoms with van der Waals surface area (Å²) in [6, 6.07) is 12.7. The van der Waals surface area contributed by atoms with Gasteiger partial charge in [-0.15, -0.1) is 0 Å². The maximum Gasteiger partial charge on any atom is 0.338 e. The molecule has 1 saturated heterocycles. The number of hydrogen-bond donors (Lipinski definition) is 1. The maximum atomic E-state index is 12.9. The van der Waals surface area contributed by atoms with Crippen LogP contribution in [0.4, 0.5) is 10.8 Å². The zero-order valence-corrected chi connectivity index (χ0v) is 19.1. The van der Waals surface area contributed by atoms with Crippen LogP contribution in [0.25, 0.3) is 10.2 Å². The van der Waals surface area contributed by atoms with E-state index in [9.17, 15) is 9.59 Å². The second-order valence-electron chi connectivity index (χ2n) is 7.63. The molecule has 0 saturated carbocycles. The minimum absolute atomic E-state index is 0.0154. The average Bonchev–Trinajstić information content (AvgIpc) is 3.23. The molecule has 1 atom stereocenters. The number of carbonyl (C=O) groups excluding carboxylic acids is 2. The van der Waals surface area contributed by atoms with Crippen LogP contribution in [-0.2, 0) is 9.53 Å². The van der Waals surface area contributed by atoms with Crippen molar-refractivity contribution < 1.29 is 19.1 Å². The molecule has 0 unspecified atom stereocenters. The second-order valence-corrected chi connectivity index (χ2v) is 8.64. The first-order valence-electron chi connectivity index (χ1n) is 10.9. The van der Waals surface area contributed by atoms with E-state index < -0.39 is 0 Å². The lowest BCUT2D eigenvalue weighted by Crippen LogP contribution is -2.40. The van der Waals surface area contributed by atoms with Gasteiger partial charge in [-0.05, 0) is 69.2 Å². The molecule has 32 heavy (non-hydrogen) atoms. The van der Waals surface area contributed by atoms with Crippen LogP contribution in [0.15, 0.2) is 42.5 Å². The van der Waals surface area contributed by atoms with Crippen molar-refractivity contribution in [2.24, 2.45) is 5.92 Å². The molecule has 168 valence electrons. The first kappa shape index (κ1) is 22.1. The third kappa shape index (κ3) is 5.02. The number of nitrogens with zero attached hydrogens (tertiary/aromatic N) is 2. The molecule has 1 N–H and O–H groups in total. The monoisotopic (exact) mass is 453 g/mol. The lowest BCUT2D eigenvalue weighted by molar-refractivity contribution is -0.120. The molecule has 2 heterocycles. The first-order valence-corrected chi connectivity index (χ1v) is 11.8. The summed E-state index contributed by atoms with van der Waals surface area (Å²) in [4.78, 5) is 31.6. The van der Waals surface area contributed by atoms with E-state index in [1.165, 1.54) is 0 Å². The standard InChI is InChI=1S/C24H27N3O4S/c1-3-30-19-11-12-20-21(14-19)32-24(26-20)27-13-5-6-17(15-27)22(28)25-18-9-7-16(8-10-18)23(29)31-4-2/h7-12,14,17H,3-6,13,15H2,1-2H3,(H,25,28)/t17-/m1/s1. The molecule has 1 fully saturated rings. The van der Waals surface area contributed by atoms with Crippen molar-refractivity contribution in [2.45, 2.75) is 26.7 Å². The number of carbonyl (C=O) groups is 2. The quantitative estimate of drug-likeness (QED) is 0.521. The van der Waals surface area contributed by atoms with E-state index in [4.69, 9.17) is 14.5 Å². The van der Waals surface area contributed by atoms with Gasteiger partial charge >= 0.3 is 5.97 Å². The summed E-state index contributed by atoms with van der Waals surface area (Å²) in [5.41, 5.74) is 2.09. The number of rotatable bonds is 7. The molecule has 0 aliphatic carbocycles. The van der Waals surface area contributed by atoms with Crippen molar-refractivity contribution in [1.29, 1.82) is 0 Å². The van der Waals surface area contributed by atoms with Gasteiger partial charge in [-0.25, -0.2) is 9.78 Å². The first-order chi connectivity index (χ1) is 15.6. The summed E-state index contributed by atoms with van der Waals surface area (Å²) in [5, 5.41) is 3.91. The summed E-state index contributed by atoms with van der Waals surface area (Å²) in [6.07, 6.45) is 1.77. The summed E-state index contributed by atoms with van der Waals surface area (Å²) in [7, 11) is 0. The molecule has 1 aliphatic rings. The molecule has 0 bridgehead atoms. The van der Waals surface area contributed by atoms with Gasteiger partial charge in [0.05, 0.1) is 34.9 Å². The Bertz CT molecular complexity index is 1100. The molecule has 0 radical (unpaired) electrons. The number of amides is 1. The summed E-state index contributed by atoms with van der Waals surface area (Å²) < 4.78 is 11.7. The zero-order valence-electron chi connectivity index (χ0n) is 18.3. The van der Waals surface area contributed by atoms with Crippen molar-refractivity contribution >= 4 is 44.2 Å². The average molecular weight is 454 g/mol. The number of nitrogens with one attached hydrogen (secondary N) is 1. The summed E-state index contributed by atoms with van der Waals surface area (Å²) in [6.45, 7) is 6.22. The fourth-order valence-corrected chi connectivity index (χ4v) is 4.83. The SMILES string of the molecule is CCOC(=O)c1ccc(NC(=O)[C@@H]2CCCN(c3nc4ccc(OCC)cc4s3)C2)cc1. The van der Waals surface area contributed by atoms with Crippen molar-refractivity contribution in [2.75, 3.05) is 36.5 Å². The highest BCUT2D eigenvalue weighted by molar-refractivity contribution is 7.22. The maximum absolute atomic E-state index is 12.9. The van der Waals surface area contributed by atoms with Gasteiger partial charge in [-0.2, -0.15) is 0 Å². The number of hydrogen-bond acceptors (Lipinski definition) is 7. The van der Waals surface area contributed by atoms with Crippen molar-refractivity contribution in [3.8, 4) is 5.75 Å². The van der Waals surface area contributed by atoms with Gasteiger partial charge in [0.2, 0.25) is 5.91 Å². The molecule has 1 aromatic heterocycles. The molecule has 1 aliphatic heterocycles. The third-order valence-corrected chi connectivity index (χ3v) is 6.46. The van der Waals surface area contributed by atoms with E-state index in [1.54, 1.807) is 42.5 Å². The Morgan fingerprint density at radius 2 is 1.97 bits per heavy atom. The van der Waals surface area contributed by atoms with E-state index in [2.05, 4.69) is 10.2 Å². The predicted octanol–water partition coefficient (Wildman–Crippen LogP) is 4.73. The van der Waals surface area contributed by atoms with Gasteiger partial charge < -0.3 is 19.7 Å². The lowest BCUT2D eigenvalue weighted by Gasteiger charge is -2.31. The Morgan fingerprint density at radius 1 is 1.16 bits per heavy atom. The molecule has 4 rings (SSSR count). The van der Waals surface area contributed by atoms with Crippen LogP contribution in [0.5, 0.6) is 5.75 Å². The molecule has 3 aromatic rings. The van der Waals surface area contributed by atoms with E-state index in [-0.39, 0.29) is 17.8 Å². The van der Waals surface area contributed by atoms with Gasteiger partial charge in [0.15, 0.2) is 5.13 Å². The topological polar surface area (TPSA) is 80.8 Å². The number of fused-ring (bicyclic) bond motifs is 1. The van der Waals surface area contributed by atoms with Gasteiger partial charge in [-0.1, -0.05) is 11.3 Å². The van der Waals surface area contributed by atoms with Gasteiger partial charge in [0, 0.05) is 18.8 Å².